The van der Waals surface area contributed by atoms with Crippen LogP contribution in [0.1, 0.15) is 39.6 Å². The van der Waals surface area contributed by atoms with E-state index >= 15 is 0 Å². The SMILES string of the molecule is CCc1sc(CNC)nc1CSCCNc1ncc(Cc2ccc(CN(C)C)o2)c(=O)[nH]1. The molecule has 0 radical (unpaired) electrons. The maximum absolute atomic E-state index is 12.4. The molecule has 8 nitrogen and oxygen atoms in total. The van der Waals surface area contributed by atoms with Gasteiger partial charge in [-0.05, 0) is 39.7 Å². The van der Waals surface area contributed by atoms with Crippen LogP contribution in [0.3, 0.4) is 0 Å². The smallest absolute Gasteiger partial charge is 0.255 e. The van der Waals surface area contributed by atoms with Crippen LogP contribution in [-0.4, -0.2) is 53.3 Å². The Morgan fingerprint density at radius 2 is 2.09 bits per heavy atom. The molecule has 3 heterocycles. The molecule has 0 aliphatic heterocycles. The summed E-state index contributed by atoms with van der Waals surface area (Å²) in [6.45, 7) is 4.44. The molecule has 0 unspecified atom stereocenters. The lowest BCUT2D eigenvalue weighted by Gasteiger charge is -2.07. The first kappa shape index (κ1) is 24.5. The monoisotopic (exact) mass is 476 g/mol. The molecule has 0 saturated carbocycles. The van der Waals surface area contributed by atoms with Gasteiger partial charge in [-0.25, -0.2) is 9.97 Å². The quantitative estimate of drug-likeness (QED) is 0.324. The Morgan fingerprint density at radius 3 is 2.81 bits per heavy atom. The third kappa shape index (κ3) is 7.19. The molecule has 32 heavy (non-hydrogen) atoms. The largest absolute Gasteiger partial charge is 0.464 e. The van der Waals surface area contributed by atoms with E-state index in [4.69, 9.17) is 9.40 Å². The predicted molar refractivity (Wildman–Crippen MR) is 133 cm³/mol. The van der Waals surface area contributed by atoms with Crippen molar-refractivity contribution in [1.82, 2.24) is 25.2 Å². The predicted octanol–water partition coefficient (Wildman–Crippen LogP) is 3.10. The van der Waals surface area contributed by atoms with Crippen molar-refractivity contribution in [2.75, 3.05) is 38.8 Å². The van der Waals surface area contributed by atoms with E-state index in [0.29, 0.717) is 24.5 Å². The zero-order chi connectivity index (χ0) is 22.9. The van der Waals surface area contributed by atoms with Gasteiger partial charge in [0.15, 0.2) is 0 Å². The van der Waals surface area contributed by atoms with Crippen molar-refractivity contribution in [1.29, 1.82) is 0 Å². The lowest BCUT2D eigenvalue weighted by Crippen LogP contribution is -2.18. The number of furan rings is 1. The number of H-pyrrole nitrogens is 1. The van der Waals surface area contributed by atoms with Gasteiger partial charge in [0.2, 0.25) is 5.95 Å². The van der Waals surface area contributed by atoms with Gasteiger partial charge in [-0.15, -0.1) is 11.3 Å². The van der Waals surface area contributed by atoms with Crippen LogP contribution >= 0.6 is 23.1 Å². The number of anilines is 1. The Morgan fingerprint density at radius 1 is 1.28 bits per heavy atom. The first-order valence-electron chi connectivity index (χ1n) is 10.7. The number of aromatic nitrogens is 3. The summed E-state index contributed by atoms with van der Waals surface area (Å²) in [5.74, 6) is 3.93. The highest BCUT2D eigenvalue weighted by Gasteiger charge is 2.10. The van der Waals surface area contributed by atoms with E-state index in [0.717, 1.165) is 47.5 Å². The molecule has 0 saturated heterocycles. The number of hydrogen-bond acceptors (Lipinski definition) is 9. The molecule has 174 valence electrons. The topological polar surface area (TPSA) is 99.1 Å². The van der Waals surface area contributed by atoms with E-state index in [9.17, 15) is 4.79 Å². The highest BCUT2D eigenvalue weighted by Crippen LogP contribution is 2.23. The number of aryl methyl sites for hydroxylation is 1. The van der Waals surface area contributed by atoms with Crippen molar-refractivity contribution in [3.05, 3.63) is 61.3 Å². The number of nitrogens with one attached hydrogen (secondary N) is 3. The average molecular weight is 477 g/mol. The zero-order valence-corrected chi connectivity index (χ0v) is 20.8. The van der Waals surface area contributed by atoms with E-state index in [2.05, 4.69) is 27.5 Å². The van der Waals surface area contributed by atoms with E-state index in [1.807, 2.05) is 49.9 Å². The fourth-order valence-electron chi connectivity index (χ4n) is 3.20. The van der Waals surface area contributed by atoms with Crippen LogP contribution in [0.15, 0.2) is 27.5 Å². The van der Waals surface area contributed by atoms with Gasteiger partial charge in [0.25, 0.3) is 5.56 Å². The minimum absolute atomic E-state index is 0.146. The van der Waals surface area contributed by atoms with E-state index in [1.165, 1.54) is 10.6 Å². The molecule has 0 atom stereocenters. The fourth-order valence-corrected chi connectivity index (χ4v) is 5.15. The molecule has 3 aromatic rings. The lowest BCUT2D eigenvalue weighted by atomic mass is 10.2. The maximum atomic E-state index is 12.4. The molecule has 0 aliphatic carbocycles. The highest BCUT2D eigenvalue weighted by molar-refractivity contribution is 7.98. The maximum Gasteiger partial charge on any atom is 0.255 e. The van der Waals surface area contributed by atoms with Gasteiger partial charge in [0.05, 0.1) is 12.2 Å². The fraction of sp³-hybridized carbons (Fsp3) is 0.500. The summed E-state index contributed by atoms with van der Waals surface area (Å²) in [4.78, 5) is 27.7. The van der Waals surface area contributed by atoms with Crippen molar-refractivity contribution in [3.63, 3.8) is 0 Å². The van der Waals surface area contributed by atoms with Crippen molar-refractivity contribution in [2.24, 2.45) is 0 Å². The number of aromatic amines is 1. The van der Waals surface area contributed by atoms with Gasteiger partial charge < -0.3 is 20.0 Å². The van der Waals surface area contributed by atoms with Crippen LogP contribution in [-0.2, 0) is 31.7 Å². The number of thiazole rings is 1. The molecule has 0 bridgehead atoms. The normalized spacial score (nSPS) is 11.4. The lowest BCUT2D eigenvalue weighted by molar-refractivity contribution is 0.343. The molecule has 0 fully saturated rings. The van der Waals surface area contributed by atoms with Crippen molar-refractivity contribution >= 4 is 29.0 Å². The minimum Gasteiger partial charge on any atom is -0.464 e. The second-order valence-corrected chi connectivity index (χ2v) is 9.98. The Kier molecular flexibility index (Phi) is 9.34. The molecule has 3 aromatic heterocycles. The summed E-state index contributed by atoms with van der Waals surface area (Å²) >= 11 is 3.62. The van der Waals surface area contributed by atoms with E-state index in [-0.39, 0.29) is 5.56 Å². The third-order valence-corrected chi connectivity index (χ3v) is 6.89. The molecule has 3 rings (SSSR count). The molecule has 3 N–H and O–H groups in total. The average Bonchev–Trinajstić information content (AvgIpc) is 3.35. The summed E-state index contributed by atoms with van der Waals surface area (Å²) in [6, 6.07) is 3.86. The zero-order valence-electron chi connectivity index (χ0n) is 19.2. The van der Waals surface area contributed by atoms with Gasteiger partial charge in [-0.3, -0.25) is 9.78 Å². The number of rotatable bonds is 13. The number of nitrogens with zero attached hydrogens (tertiary/aromatic N) is 3. The second kappa shape index (κ2) is 12.2. The van der Waals surface area contributed by atoms with Crippen molar-refractivity contribution in [2.45, 2.75) is 38.6 Å². The van der Waals surface area contributed by atoms with E-state index < -0.39 is 0 Å². The molecular formula is C22H32N6O2S2. The molecule has 0 spiro atoms. The highest BCUT2D eigenvalue weighted by atomic mass is 32.2. The summed E-state index contributed by atoms with van der Waals surface area (Å²) in [5, 5.41) is 7.50. The summed E-state index contributed by atoms with van der Waals surface area (Å²) in [7, 11) is 5.92. The number of hydrogen-bond donors (Lipinski definition) is 3. The van der Waals surface area contributed by atoms with E-state index in [1.54, 1.807) is 17.5 Å². The van der Waals surface area contributed by atoms with Crippen LogP contribution in [0.2, 0.25) is 0 Å². The van der Waals surface area contributed by atoms with Gasteiger partial charge in [0, 0.05) is 47.7 Å². The van der Waals surface area contributed by atoms with Crippen LogP contribution in [0, 0.1) is 0 Å². The standard InChI is InChI=1S/C22H32N6O2S2/c1-5-19-18(26-20(32-19)12-23-2)14-31-9-8-24-22-25-11-15(21(29)27-22)10-16-6-7-17(30-16)13-28(3)4/h6-7,11,23H,5,8-10,12-14H2,1-4H3,(H2,24,25,27,29). The summed E-state index contributed by atoms with van der Waals surface area (Å²) < 4.78 is 5.79. The van der Waals surface area contributed by atoms with Gasteiger partial charge >= 0.3 is 0 Å². The molecule has 10 heteroatoms. The third-order valence-electron chi connectivity index (χ3n) is 4.68. The first-order chi connectivity index (χ1) is 15.5. The Labute approximate surface area is 197 Å². The minimum atomic E-state index is -0.146. The Hall–Kier alpha value is -2.14. The second-order valence-electron chi connectivity index (χ2n) is 7.71. The molecule has 0 aliphatic rings. The summed E-state index contributed by atoms with van der Waals surface area (Å²) in [6.07, 6.45) is 3.06. The summed E-state index contributed by atoms with van der Waals surface area (Å²) in [5.41, 5.74) is 1.63. The van der Waals surface area contributed by atoms with Crippen LogP contribution in [0.5, 0.6) is 0 Å². The molecule has 0 amide bonds. The van der Waals surface area contributed by atoms with Crippen LogP contribution < -0.4 is 16.2 Å². The van der Waals surface area contributed by atoms with Crippen LogP contribution in [0.4, 0.5) is 5.95 Å². The van der Waals surface area contributed by atoms with Crippen molar-refractivity contribution in [3.8, 4) is 0 Å². The Bertz CT molecular complexity index is 1040. The van der Waals surface area contributed by atoms with Crippen molar-refractivity contribution < 1.29 is 4.42 Å². The molecule has 0 aromatic carbocycles. The first-order valence-corrected chi connectivity index (χ1v) is 12.7. The van der Waals surface area contributed by atoms with Crippen LogP contribution in [0.25, 0.3) is 0 Å². The number of thioether (sulfide) groups is 1. The van der Waals surface area contributed by atoms with Gasteiger partial charge in [-0.1, -0.05) is 6.92 Å². The van der Waals surface area contributed by atoms with Gasteiger partial charge in [0.1, 0.15) is 16.5 Å². The molecular weight excluding hydrogens is 444 g/mol. The Balaban J connectivity index is 1.45. The van der Waals surface area contributed by atoms with Gasteiger partial charge in [-0.2, -0.15) is 11.8 Å².